The first-order chi connectivity index (χ1) is 11.7. The molecule has 1 aromatic heterocycles. The number of benzene rings is 1. The molecule has 0 bridgehead atoms. The normalized spacial score (nSPS) is 18.8. The van der Waals surface area contributed by atoms with Crippen LogP contribution in [-0.4, -0.2) is 44.7 Å². The molecule has 1 aliphatic heterocycles. The minimum atomic E-state index is -0.0676. The molecule has 5 nitrogen and oxygen atoms in total. The Bertz CT molecular complexity index is 642. The van der Waals surface area contributed by atoms with Gasteiger partial charge in [-0.05, 0) is 80.1 Å². The van der Waals surface area contributed by atoms with Gasteiger partial charge in [-0.25, -0.2) is 9.07 Å². The lowest BCUT2D eigenvalue weighted by atomic mass is 9.91. The van der Waals surface area contributed by atoms with Crippen molar-refractivity contribution < 1.29 is 4.39 Å². The van der Waals surface area contributed by atoms with Gasteiger partial charge in [-0.3, -0.25) is 0 Å². The quantitative estimate of drug-likeness (QED) is 0.783. The molecule has 2 aromatic rings. The molecule has 24 heavy (non-hydrogen) atoms. The molecule has 1 aromatic carbocycles. The molecule has 0 spiro atoms. The summed E-state index contributed by atoms with van der Waals surface area (Å²) in [6.07, 6.45) is 5.48. The largest absolute Gasteiger partial charge is 0.303 e. The molecule has 0 aliphatic carbocycles. The summed E-state index contributed by atoms with van der Waals surface area (Å²) in [5.41, 5.74) is 0.851. The van der Waals surface area contributed by atoms with Crippen LogP contribution < -0.4 is 0 Å². The number of hydrogen-bond acceptors (Lipinski definition) is 4. The summed E-state index contributed by atoms with van der Waals surface area (Å²) >= 11 is 0. The molecule has 3 rings (SSSR count). The van der Waals surface area contributed by atoms with Gasteiger partial charge < -0.3 is 4.90 Å². The summed E-state index contributed by atoms with van der Waals surface area (Å²) in [6, 6.07) is 7.15. The van der Waals surface area contributed by atoms with Gasteiger partial charge in [-0.15, -0.1) is 5.10 Å². The van der Waals surface area contributed by atoms with Gasteiger partial charge in [-0.2, -0.15) is 0 Å². The smallest absolute Gasteiger partial charge is 0.148 e. The summed E-state index contributed by atoms with van der Waals surface area (Å²) in [4.78, 5) is 2.54. The topological polar surface area (TPSA) is 46.8 Å². The van der Waals surface area contributed by atoms with Gasteiger partial charge >= 0.3 is 0 Å². The number of halogens is 1. The number of hydrogen-bond donors (Lipinski definition) is 0. The Morgan fingerprint density at radius 3 is 2.92 bits per heavy atom. The van der Waals surface area contributed by atoms with Crippen molar-refractivity contribution in [1.29, 1.82) is 0 Å². The number of rotatable bonds is 7. The molecule has 1 saturated heterocycles. The zero-order valence-electron chi connectivity index (χ0n) is 14.4. The van der Waals surface area contributed by atoms with Gasteiger partial charge in [0.15, 0.2) is 0 Å². The van der Waals surface area contributed by atoms with E-state index >= 15 is 0 Å². The number of aryl methyl sites for hydroxylation is 3. The summed E-state index contributed by atoms with van der Waals surface area (Å²) in [5, 5.41) is 11.6. The van der Waals surface area contributed by atoms with Crippen LogP contribution in [0.3, 0.4) is 0 Å². The fourth-order valence-electron chi connectivity index (χ4n) is 3.55. The van der Waals surface area contributed by atoms with Crippen molar-refractivity contribution in [2.75, 3.05) is 19.6 Å². The lowest BCUT2D eigenvalue weighted by Gasteiger charge is -2.32. The number of tetrazole rings is 1. The van der Waals surface area contributed by atoms with Gasteiger partial charge in [0, 0.05) is 13.1 Å². The molecule has 2 heterocycles. The third-order valence-corrected chi connectivity index (χ3v) is 4.94. The Hall–Kier alpha value is -1.82. The Labute approximate surface area is 142 Å². The van der Waals surface area contributed by atoms with Crippen LogP contribution in [0.5, 0.6) is 0 Å². The Morgan fingerprint density at radius 2 is 2.12 bits per heavy atom. The second kappa shape index (κ2) is 8.33. The van der Waals surface area contributed by atoms with E-state index in [0.717, 1.165) is 50.3 Å². The van der Waals surface area contributed by atoms with Crippen molar-refractivity contribution in [2.45, 2.75) is 45.6 Å². The van der Waals surface area contributed by atoms with Gasteiger partial charge in [0.1, 0.15) is 11.6 Å². The summed E-state index contributed by atoms with van der Waals surface area (Å²) in [6.45, 7) is 6.18. The van der Waals surface area contributed by atoms with Crippen LogP contribution >= 0.6 is 0 Å². The highest BCUT2D eigenvalue weighted by molar-refractivity contribution is 5.17. The highest BCUT2D eigenvalue weighted by Crippen LogP contribution is 2.22. The standard InChI is InChI=1S/C18H26FN5/c1-15-20-21-22-24(15)13-5-12-23-11-4-6-16(14-23)9-10-17-7-2-3-8-18(17)19/h2-3,7-8,16H,4-6,9-14H2,1H3/t16-/m0/s1. The van der Waals surface area contributed by atoms with Crippen LogP contribution in [0.25, 0.3) is 0 Å². The minimum absolute atomic E-state index is 0.0676. The lowest BCUT2D eigenvalue weighted by molar-refractivity contribution is 0.164. The molecule has 1 fully saturated rings. The lowest BCUT2D eigenvalue weighted by Crippen LogP contribution is -2.36. The van der Waals surface area contributed by atoms with Crippen LogP contribution in [0.4, 0.5) is 4.39 Å². The molecular formula is C18H26FN5. The van der Waals surface area contributed by atoms with Crippen molar-refractivity contribution in [3.63, 3.8) is 0 Å². The van der Waals surface area contributed by atoms with Crippen LogP contribution in [0.2, 0.25) is 0 Å². The van der Waals surface area contributed by atoms with Crippen molar-refractivity contribution >= 4 is 0 Å². The van der Waals surface area contributed by atoms with E-state index in [0.29, 0.717) is 5.92 Å². The first-order valence-corrected chi connectivity index (χ1v) is 8.91. The fraction of sp³-hybridized carbons (Fsp3) is 0.611. The molecule has 1 aliphatic rings. The van der Waals surface area contributed by atoms with Crippen molar-refractivity contribution in [1.82, 2.24) is 25.1 Å². The zero-order chi connectivity index (χ0) is 16.8. The van der Waals surface area contributed by atoms with Crippen LogP contribution in [0, 0.1) is 18.7 Å². The molecule has 0 radical (unpaired) electrons. The van der Waals surface area contributed by atoms with Crippen LogP contribution in [0.15, 0.2) is 24.3 Å². The number of nitrogens with zero attached hydrogens (tertiary/aromatic N) is 5. The first-order valence-electron chi connectivity index (χ1n) is 8.91. The predicted octanol–water partition coefficient (Wildman–Crippen LogP) is 2.86. The fourth-order valence-corrected chi connectivity index (χ4v) is 3.55. The van der Waals surface area contributed by atoms with Gasteiger partial charge in [0.2, 0.25) is 0 Å². The van der Waals surface area contributed by atoms with Gasteiger partial charge in [0.25, 0.3) is 0 Å². The SMILES string of the molecule is Cc1nnnn1CCCN1CCC[C@@H](CCc2ccccc2F)C1. The van der Waals surface area contributed by atoms with E-state index in [1.807, 2.05) is 23.7 Å². The van der Waals surface area contributed by atoms with Crippen molar-refractivity contribution in [3.05, 3.63) is 41.5 Å². The first kappa shape index (κ1) is 17.0. The Kier molecular flexibility index (Phi) is 5.91. The predicted molar refractivity (Wildman–Crippen MR) is 91.1 cm³/mol. The van der Waals surface area contributed by atoms with E-state index in [1.54, 1.807) is 12.1 Å². The van der Waals surface area contributed by atoms with Crippen molar-refractivity contribution in [3.8, 4) is 0 Å². The van der Waals surface area contributed by atoms with Gasteiger partial charge in [-0.1, -0.05) is 18.2 Å². The summed E-state index contributed by atoms with van der Waals surface area (Å²) in [7, 11) is 0. The monoisotopic (exact) mass is 331 g/mol. The molecular weight excluding hydrogens is 305 g/mol. The summed E-state index contributed by atoms with van der Waals surface area (Å²) < 4.78 is 15.6. The number of aromatic nitrogens is 4. The molecule has 0 amide bonds. The molecule has 0 unspecified atom stereocenters. The summed E-state index contributed by atoms with van der Waals surface area (Å²) in [5.74, 6) is 1.48. The maximum atomic E-state index is 13.7. The van der Waals surface area contributed by atoms with E-state index in [1.165, 1.54) is 19.4 Å². The molecule has 0 N–H and O–H groups in total. The third-order valence-electron chi connectivity index (χ3n) is 4.94. The highest BCUT2D eigenvalue weighted by Gasteiger charge is 2.19. The van der Waals surface area contributed by atoms with E-state index in [4.69, 9.17) is 0 Å². The number of piperidine rings is 1. The molecule has 6 heteroatoms. The van der Waals surface area contributed by atoms with Crippen LogP contribution in [0.1, 0.15) is 37.1 Å². The minimum Gasteiger partial charge on any atom is -0.303 e. The maximum absolute atomic E-state index is 13.7. The van der Waals surface area contributed by atoms with Crippen LogP contribution in [-0.2, 0) is 13.0 Å². The van der Waals surface area contributed by atoms with Gasteiger partial charge in [0.05, 0.1) is 0 Å². The Morgan fingerprint density at radius 1 is 1.25 bits per heavy atom. The third kappa shape index (κ3) is 4.60. The number of likely N-dealkylation sites (tertiary alicyclic amines) is 1. The molecule has 130 valence electrons. The highest BCUT2D eigenvalue weighted by atomic mass is 19.1. The second-order valence-corrected chi connectivity index (χ2v) is 6.74. The van der Waals surface area contributed by atoms with E-state index in [-0.39, 0.29) is 5.82 Å². The second-order valence-electron chi connectivity index (χ2n) is 6.74. The zero-order valence-corrected chi connectivity index (χ0v) is 14.4. The molecule has 1 atom stereocenters. The van der Waals surface area contributed by atoms with Crippen molar-refractivity contribution in [2.24, 2.45) is 5.92 Å². The average molecular weight is 331 g/mol. The molecule has 0 saturated carbocycles. The van der Waals surface area contributed by atoms with E-state index in [2.05, 4.69) is 20.4 Å². The maximum Gasteiger partial charge on any atom is 0.148 e. The Balaban J connectivity index is 1.41. The average Bonchev–Trinajstić information content (AvgIpc) is 3.00. The van der Waals surface area contributed by atoms with E-state index in [9.17, 15) is 4.39 Å². The van der Waals surface area contributed by atoms with E-state index < -0.39 is 0 Å².